The van der Waals surface area contributed by atoms with E-state index in [9.17, 15) is 0 Å². The number of aromatic nitrogens is 1. The second kappa shape index (κ2) is 5.47. The van der Waals surface area contributed by atoms with Gasteiger partial charge in [0.1, 0.15) is 5.82 Å². The molecule has 0 amide bonds. The van der Waals surface area contributed by atoms with E-state index in [-0.39, 0.29) is 5.60 Å². The number of ether oxygens (including phenoxy) is 1. The molecule has 4 heteroatoms. The van der Waals surface area contributed by atoms with Crippen LogP contribution in [-0.4, -0.2) is 23.7 Å². The Morgan fingerprint density at radius 2 is 2.31 bits per heavy atom. The molecule has 86 valence electrons. The summed E-state index contributed by atoms with van der Waals surface area (Å²) in [5, 5.41) is 11.9. The first-order valence-corrected chi connectivity index (χ1v) is 5.31. The molecule has 4 nitrogen and oxygen atoms in total. The first-order valence-electron chi connectivity index (χ1n) is 5.31. The summed E-state index contributed by atoms with van der Waals surface area (Å²) in [4.78, 5) is 4.13. The average molecular weight is 219 g/mol. The molecule has 0 radical (unpaired) electrons. The molecular weight excluding hydrogens is 202 g/mol. The monoisotopic (exact) mass is 219 g/mol. The van der Waals surface area contributed by atoms with E-state index >= 15 is 0 Å². The SMILES string of the molecule is CCOC(C)(C)CNc1cc(C#N)ccn1. The summed E-state index contributed by atoms with van der Waals surface area (Å²) < 4.78 is 5.55. The minimum atomic E-state index is -0.237. The van der Waals surface area contributed by atoms with E-state index in [1.54, 1.807) is 18.3 Å². The Bertz CT molecular complexity index is 382. The molecule has 0 saturated heterocycles. The van der Waals surface area contributed by atoms with Crippen LogP contribution < -0.4 is 5.32 Å². The number of hydrogen-bond donors (Lipinski definition) is 1. The minimum absolute atomic E-state index is 0.237. The summed E-state index contributed by atoms with van der Waals surface area (Å²) in [7, 11) is 0. The lowest BCUT2D eigenvalue weighted by atomic mass is 10.1. The summed E-state index contributed by atoms with van der Waals surface area (Å²) in [5.74, 6) is 0.701. The topological polar surface area (TPSA) is 57.9 Å². The standard InChI is InChI=1S/C12H17N3O/c1-4-16-12(2,3)9-15-11-7-10(8-13)5-6-14-11/h5-7H,4,9H2,1-3H3,(H,14,15). The second-order valence-electron chi connectivity index (χ2n) is 4.09. The van der Waals surface area contributed by atoms with Crippen LogP contribution in [-0.2, 0) is 4.74 Å². The molecule has 0 unspecified atom stereocenters. The van der Waals surface area contributed by atoms with Crippen LogP contribution in [0.4, 0.5) is 5.82 Å². The van der Waals surface area contributed by atoms with Gasteiger partial charge < -0.3 is 10.1 Å². The molecule has 1 heterocycles. The molecule has 1 aromatic rings. The zero-order chi connectivity index (χ0) is 12.0. The fourth-order valence-electron chi connectivity index (χ4n) is 1.34. The van der Waals surface area contributed by atoms with Crippen molar-refractivity contribution in [1.82, 2.24) is 4.98 Å². The zero-order valence-corrected chi connectivity index (χ0v) is 9.95. The molecule has 16 heavy (non-hydrogen) atoms. The second-order valence-corrected chi connectivity index (χ2v) is 4.09. The molecule has 0 bridgehead atoms. The summed E-state index contributed by atoms with van der Waals surface area (Å²) >= 11 is 0. The van der Waals surface area contributed by atoms with Gasteiger partial charge in [-0.05, 0) is 32.9 Å². The van der Waals surface area contributed by atoms with E-state index < -0.39 is 0 Å². The highest BCUT2D eigenvalue weighted by molar-refractivity contribution is 5.42. The van der Waals surface area contributed by atoms with E-state index in [1.807, 2.05) is 20.8 Å². The van der Waals surface area contributed by atoms with Crippen LogP contribution in [0.5, 0.6) is 0 Å². The van der Waals surface area contributed by atoms with Gasteiger partial charge in [-0.3, -0.25) is 0 Å². The van der Waals surface area contributed by atoms with Gasteiger partial charge in [-0.2, -0.15) is 5.26 Å². The van der Waals surface area contributed by atoms with Gasteiger partial charge in [-0.25, -0.2) is 4.98 Å². The Labute approximate surface area is 96.3 Å². The first-order chi connectivity index (χ1) is 7.57. The van der Waals surface area contributed by atoms with Gasteiger partial charge in [0, 0.05) is 19.3 Å². The van der Waals surface area contributed by atoms with Crippen molar-refractivity contribution >= 4 is 5.82 Å². The van der Waals surface area contributed by atoms with Gasteiger partial charge >= 0.3 is 0 Å². The van der Waals surface area contributed by atoms with Crippen LogP contribution in [0.1, 0.15) is 26.3 Å². The summed E-state index contributed by atoms with van der Waals surface area (Å²) in [6.07, 6.45) is 1.62. The fourth-order valence-corrected chi connectivity index (χ4v) is 1.34. The predicted molar refractivity (Wildman–Crippen MR) is 63.1 cm³/mol. The van der Waals surface area contributed by atoms with Gasteiger partial charge in [0.05, 0.1) is 17.2 Å². The molecule has 1 rings (SSSR count). The third-order valence-electron chi connectivity index (χ3n) is 2.12. The maximum absolute atomic E-state index is 8.74. The average Bonchev–Trinajstić information content (AvgIpc) is 2.27. The maximum atomic E-state index is 8.74. The Morgan fingerprint density at radius 1 is 1.56 bits per heavy atom. The molecule has 0 aliphatic carbocycles. The van der Waals surface area contributed by atoms with Crippen LogP contribution in [0.3, 0.4) is 0 Å². The lowest BCUT2D eigenvalue weighted by molar-refractivity contribution is 0.000642. The predicted octanol–water partition coefficient (Wildman–Crippen LogP) is 2.18. The smallest absolute Gasteiger partial charge is 0.127 e. The van der Waals surface area contributed by atoms with Crippen molar-refractivity contribution in [3.8, 4) is 6.07 Å². The van der Waals surface area contributed by atoms with Gasteiger partial charge in [0.15, 0.2) is 0 Å². The quantitative estimate of drug-likeness (QED) is 0.824. The van der Waals surface area contributed by atoms with E-state index in [2.05, 4.69) is 16.4 Å². The highest BCUT2D eigenvalue weighted by Crippen LogP contribution is 2.11. The van der Waals surface area contributed by atoms with E-state index in [0.717, 1.165) is 0 Å². The molecule has 1 N–H and O–H groups in total. The van der Waals surface area contributed by atoms with Crippen molar-refractivity contribution in [3.63, 3.8) is 0 Å². The molecule has 0 aliphatic rings. The maximum Gasteiger partial charge on any atom is 0.127 e. The van der Waals surface area contributed by atoms with Gasteiger partial charge in [-0.15, -0.1) is 0 Å². The normalized spacial score (nSPS) is 10.9. The molecule has 0 fully saturated rings. The Morgan fingerprint density at radius 3 is 2.94 bits per heavy atom. The van der Waals surface area contributed by atoms with Crippen molar-refractivity contribution in [2.45, 2.75) is 26.4 Å². The number of nitrogens with one attached hydrogen (secondary N) is 1. The van der Waals surface area contributed by atoms with Crippen LogP contribution in [0, 0.1) is 11.3 Å². The molecule has 0 aliphatic heterocycles. The van der Waals surface area contributed by atoms with Crippen molar-refractivity contribution < 1.29 is 4.74 Å². The number of hydrogen-bond acceptors (Lipinski definition) is 4. The zero-order valence-electron chi connectivity index (χ0n) is 9.95. The number of pyridine rings is 1. The largest absolute Gasteiger partial charge is 0.374 e. The van der Waals surface area contributed by atoms with Gasteiger partial charge in [0.25, 0.3) is 0 Å². The summed E-state index contributed by atoms with van der Waals surface area (Å²) in [6.45, 7) is 7.33. The number of nitriles is 1. The number of anilines is 1. The third-order valence-corrected chi connectivity index (χ3v) is 2.12. The van der Waals surface area contributed by atoms with Crippen LogP contribution in [0.25, 0.3) is 0 Å². The number of nitrogens with zero attached hydrogens (tertiary/aromatic N) is 2. The summed E-state index contributed by atoms with van der Waals surface area (Å²) in [5.41, 5.74) is 0.366. The molecular formula is C12H17N3O. The van der Waals surface area contributed by atoms with Crippen molar-refractivity contribution in [2.75, 3.05) is 18.5 Å². The van der Waals surface area contributed by atoms with Gasteiger partial charge in [0.2, 0.25) is 0 Å². The lowest BCUT2D eigenvalue weighted by Gasteiger charge is -2.25. The molecule has 0 aromatic carbocycles. The van der Waals surface area contributed by atoms with Crippen molar-refractivity contribution in [2.24, 2.45) is 0 Å². The Kier molecular flexibility index (Phi) is 4.27. The molecule has 0 spiro atoms. The van der Waals surface area contributed by atoms with Crippen molar-refractivity contribution in [1.29, 1.82) is 5.26 Å². The number of rotatable bonds is 5. The van der Waals surface area contributed by atoms with Crippen LogP contribution in [0.15, 0.2) is 18.3 Å². The van der Waals surface area contributed by atoms with E-state index in [0.29, 0.717) is 24.5 Å². The van der Waals surface area contributed by atoms with Crippen molar-refractivity contribution in [3.05, 3.63) is 23.9 Å². The van der Waals surface area contributed by atoms with Gasteiger partial charge in [-0.1, -0.05) is 0 Å². The van der Waals surface area contributed by atoms with Crippen LogP contribution >= 0.6 is 0 Å². The highest BCUT2D eigenvalue weighted by atomic mass is 16.5. The van der Waals surface area contributed by atoms with E-state index in [4.69, 9.17) is 10.00 Å². The minimum Gasteiger partial charge on any atom is -0.374 e. The summed E-state index contributed by atoms with van der Waals surface area (Å²) in [6, 6.07) is 5.48. The Balaban J connectivity index is 2.58. The highest BCUT2D eigenvalue weighted by Gasteiger charge is 2.17. The van der Waals surface area contributed by atoms with Crippen LogP contribution in [0.2, 0.25) is 0 Å². The first kappa shape index (κ1) is 12.5. The lowest BCUT2D eigenvalue weighted by Crippen LogP contribution is -2.33. The Hall–Kier alpha value is -1.60. The molecule has 0 saturated carbocycles. The van der Waals surface area contributed by atoms with E-state index in [1.165, 1.54) is 0 Å². The third kappa shape index (κ3) is 3.87. The fraction of sp³-hybridized carbons (Fsp3) is 0.500. The molecule has 1 aromatic heterocycles. The molecule has 0 atom stereocenters.